The molecule has 4 aromatic rings. The zero-order valence-corrected chi connectivity index (χ0v) is 17.5. The predicted octanol–water partition coefficient (Wildman–Crippen LogP) is 3.95. The minimum absolute atomic E-state index is 0.0199. The molecule has 0 fully saturated rings. The van der Waals surface area contributed by atoms with Gasteiger partial charge in [-0.05, 0) is 24.6 Å². The molecule has 0 unspecified atom stereocenters. The predicted molar refractivity (Wildman–Crippen MR) is 114 cm³/mol. The van der Waals surface area contributed by atoms with Crippen molar-refractivity contribution in [1.82, 2.24) is 10.2 Å². The highest BCUT2D eigenvalue weighted by atomic mass is 32.2. The Balaban J connectivity index is 1.35. The second kappa shape index (κ2) is 9.02. The second-order valence-electron chi connectivity index (χ2n) is 6.68. The molecule has 4 rings (SSSR count). The molecule has 162 valence electrons. The number of fused-ring (bicyclic) bond motifs is 1. The number of aromatic nitrogens is 2. The molecule has 0 radical (unpaired) electrons. The smallest absolute Gasteiger partial charge is 0.336 e. The van der Waals surface area contributed by atoms with Crippen molar-refractivity contribution in [2.24, 2.45) is 0 Å². The average molecular weight is 453 g/mol. The van der Waals surface area contributed by atoms with E-state index < -0.39 is 10.5 Å². The molecule has 2 heterocycles. The van der Waals surface area contributed by atoms with Gasteiger partial charge in [-0.2, -0.15) is 0 Å². The Kier molecular flexibility index (Phi) is 5.99. The van der Waals surface area contributed by atoms with Gasteiger partial charge in [-0.15, -0.1) is 10.2 Å². The Morgan fingerprint density at radius 2 is 2.00 bits per heavy atom. The van der Waals surface area contributed by atoms with Crippen LogP contribution in [0.1, 0.15) is 21.8 Å². The van der Waals surface area contributed by atoms with E-state index >= 15 is 0 Å². The summed E-state index contributed by atoms with van der Waals surface area (Å²) in [6, 6.07) is 12.1. The number of benzene rings is 2. The zero-order valence-electron chi connectivity index (χ0n) is 16.6. The van der Waals surface area contributed by atoms with Gasteiger partial charge in [0, 0.05) is 35.2 Å². The van der Waals surface area contributed by atoms with Crippen LogP contribution < -0.4 is 10.4 Å². The lowest BCUT2D eigenvalue weighted by Gasteiger charge is -2.05. The van der Waals surface area contributed by atoms with E-state index in [4.69, 9.17) is 13.6 Å². The molecule has 0 bridgehead atoms. The summed E-state index contributed by atoms with van der Waals surface area (Å²) in [4.78, 5) is 34.1. The Labute approximate surface area is 184 Å². The lowest BCUT2D eigenvalue weighted by atomic mass is 10.1. The summed E-state index contributed by atoms with van der Waals surface area (Å²) in [6.07, 6.45) is 0. The molecular formula is C21H15N3O7S. The van der Waals surface area contributed by atoms with Crippen molar-refractivity contribution in [3.05, 3.63) is 86.1 Å². The maximum Gasteiger partial charge on any atom is 0.336 e. The molecule has 0 aliphatic heterocycles. The van der Waals surface area contributed by atoms with Gasteiger partial charge in [0.2, 0.25) is 0 Å². The van der Waals surface area contributed by atoms with E-state index in [0.29, 0.717) is 11.3 Å². The average Bonchev–Trinajstić information content (AvgIpc) is 3.23. The van der Waals surface area contributed by atoms with Crippen molar-refractivity contribution >= 4 is 34.2 Å². The Hall–Kier alpha value is -3.99. The lowest BCUT2D eigenvalue weighted by molar-refractivity contribution is -0.384. The number of Topliss-reactive ketones (excluding diaryl/α,β-unsaturated/α-hetero) is 1. The van der Waals surface area contributed by atoms with Crippen molar-refractivity contribution in [2.75, 3.05) is 5.75 Å². The third-order valence-electron chi connectivity index (χ3n) is 4.44. The summed E-state index contributed by atoms with van der Waals surface area (Å²) in [7, 11) is 0. The quantitative estimate of drug-likeness (QED) is 0.127. The molecule has 32 heavy (non-hydrogen) atoms. The number of hydrogen-bond donors (Lipinski definition) is 0. The summed E-state index contributed by atoms with van der Waals surface area (Å²) in [5.41, 5.74) is 0.856. The minimum Gasteiger partial charge on any atom is -0.484 e. The van der Waals surface area contributed by atoms with E-state index in [2.05, 4.69) is 10.2 Å². The van der Waals surface area contributed by atoms with Gasteiger partial charge in [0.05, 0.1) is 10.7 Å². The van der Waals surface area contributed by atoms with Gasteiger partial charge in [-0.25, -0.2) is 4.79 Å². The summed E-state index contributed by atoms with van der Waals surface area (Å²) < 4.78 is 16.3. The van der Waals surface area contributed by atoms with Crippen molar-refractivity contribution in [2.45, 2.75) is 18.8 Å². The number of hydrogen-bond acceptors (Lipinski definition) is 10. The molecule has 2 aromatic heterocycles. The van der Waals surface area contributed by atoms with Crippen LogP contribution in [0.3, 0.4) is 0 Å². The standard InChI is InChI=1S/C21H15N3O7S/c1-12-7-20(26)30-18-9-15(5-6-16(12)18)29-10-19-22-23-21(31-19)32-11-17(25)13-3-2-4-14(8-13)24(27)28/h2-9H,10-11H2,1H3. The van der Waals surface area contributed by atoms with Crippen molar-refractivity contribution in [3.8, 4) is 5.75 Å². The fraction of sp³-hybridized carbons (Fsp3) is 0.143. The Morgan fingerprint density at radius 3 is 2.81 bits per heavy atom. The molecule has 0 spiro atoms. The number of ether oxygens (including phenoxy) is 1. The molecule has 0 aliphatic rings. The van der Waals surface area contributed by atoms with Gasteiger partial charge >= 0.3 is 5.63 Å². The number of rotatable bonds is 8. The SMILES string of the molecule is Cc1cc(=O)oc2cc(OCc3nnc(SCC(=O)c4cccc([N+](=O)[O-])c4)o3)ccc12. The maximum atomic E-state index is 12.3. The van der Waals surface area contributed by atoms with Crippen LogP contribution in [0.25, 0.3) is 11.0 Å². The van der Waals surface area contributed by atoms with Crippen LogP contribution in [0, 0.1) is 17.0 Å². The van der Waals surface area contributed by atoms with Crippen LogP contribution in [0.4, 0.5) is 5.69 Å². The van der Waals surface area contributed by atoms with Crippen LogP contribution in [-0.2, 0) is 6.61 Å². The van der Waals surface area contributed by atoms with Gasteiger partial charge in [-0.1, -0.05) is 23.9 Å². The fourth-order valence-electron chi connectivity index (χ4n) is 2.90. The highest BCUT2D eigenvalue weighted by molar-refractivity contribution is 7.99. The van der Waals surface area contributed by atoms with Crippen molar-refractivity contribution < 1.29 is 23.3 Å². The Morgan fingerprint density at radius 1 is 1.16 bits per heavy atom. The van der Waals surface area contributed by atoms with Gasteiger partial charge < -0.3 is 13.6 Å². The minimum atomic E-state index is -0.557. The summed E-state index contributed by atoms with van der Waals surface area (Å²) in [5.74, 6) is 0.329. The number of nitrogens with zero attached hydrogens (tertiary/aromatic N) is 3. The first-order chi connectivity index (χ1) is 15.4. The van der Waals surface area contributed by atoms with Crippen LogP contribution in [-0.4, -0.2) is 26.7 Å². The number of nitro groups is 1. The van der Waals surface area contributed by atoms with E-state index in [-0.39, 0.29) is 40.5 Å². The molecule has 11 heteroatoms. The van der Waals surface area contributed by atoms with Gasteiger partial charge in [0.25, 0.3) is 16.8 Å². The third kappa shape index (κ3) is 4.83. The van der Waals surface area contributed by atoms with Crippen LogP contribution in [0.15, 0.2) is 67.4 Å². The topological polar surface area (TPSA) is 139 Å². The fourth-order valence-corrected chi connectivity index (χ4v) is 3.57. The van der Waals surface area contributed by atoms with E-state index in [1.165, 1.54) is 30.3 Å². The molecule has 10 nitrogen and oxygen atoms in total. The molecule has 0 N–H and O–H groups in total. The molecule has 2 aromatic carbocycles. The first-order valence-electron chi connectivity index (χ1n) is 9.29. The van der Waals surface area contributed by atoms with Crippen LogP contribution in [0.2, 0.25) is 0 Å². The molecule has 0 aliphatic carbocycles. The summed E-state index contributed by atoms with van der Waals surface area (Å²) in [6.45, 7) is 1.80. The summed E-state index contributed by atoms with van der Waals surface area (Å²) in [5, 5.41) is 19.5. The first-order valence-corrected chi connectivity index (χ1v) is 10.3. The zero-order chi connectivity index (χ0) is 22.7. The molecular weight excluding hydrogens is 438 g/mol. The number of thioether (sulfide) groups is 1. The van der Waals surface area contributed by atoms with Crippen LogP contribution >= 0.6 is 11.8 Å². The number of ketones is 1. The highest BCUT2D eigenvalue weighted by Crippen LogP contribution is 2.24. The lowest BCUT2D eigenvalue weighted by Crippen LogP contribution is -2.03. The monoisotopic (exact) mass is 453 g/mol. The van der Waals surface area contributed by atoms with Gasteiger partial charge in [-0.3, -0.25) is 14.9 Å². The number of carbonyl (C=O) groups is 1. The van der Waals surface area contributed by atoms with E-state index in [9.17, 15) is 19.7 Å². The number of nitro benzene ring substituents is 1. The van der Waals surface area contributed by atoms with E-state index in [1.54, 1.807) is 18.2 Å². The number of non-ortho nitro benzene ring substituents is 1. The maximum absolute atomic E-state index is 12.3. The molecule has 0 amide bonds. The third-order valence-corrected chi connectivity index (χ3v) is 5.26. The van der Waals surface area contributed by atoms with Crippen LogP contribution in [0.5, 0.6) is 5.75 Å². The highest BCUT2D eigenvalue weighted by Gasteiger charge is 2.15. The molecule has 0 saturated heterocycles. The van der Waals surface area contributed by atoms with Gasteiger partial charge in [0.1, 0.15) is 11.3 Å². The Bertz CT molecular complexity index is 1380. The van der Waals surface area contributed by atoms with E-state index in [1.807, 2.05) is 6.92 Å². The van der Waals surface area contributed by atoms with E-state index in [0.717, 1.165) is 22.7 Å². The molecule has 0 saturated carbocycles. The first kappa shape index (κ1) is 21.2. The second-order valence-corrected chi connectivity index (χ2v) is 7.60. The molecule has 0 atom stereocenters. The normalized spacial score (nSPS) is 10.9. The largest absolute Gasteiger partial charge is 0.484 e. The number of carbonyl (C=O) groups excluding carboxylic acids is 1. The van der Waals surface area contributed by atoms with Crippen molar-refractivity contribution in [1.29, 1.82) is 0 Å². The van der Waals surface area contributed by atoms with Gasteiger partial charge in [0.15, 0.2) is 12.4 Å². The summed E-state index contributed by atoms with van der Waals surface area (Å²) >= 11 is 1.02. The van der Waals surface area contributed by atoms with Crippen molar-refractivity contribution in [3.63, 3.8) is 0 Å². The number of aryl methyl sites for hydroxylation is 1.